The van der Waals surface area contributed by atoms with E-state index in [1.807, 2.05) is 0 Å². The number of hydrogen-bond acceptors (Lipinski definition) is 4. The monoisotopic (exact) mass is 416 g/mol. The van der Waals surface area contributed by atoms with Crippen molar-refractivity contribution in [2.45, 2.75) is 19.6 Å². The smallest absolute Gasteiger partial charge is 0.265 e. The molecule has 6 nitrogen and oxygen atoms in total. The Morgan fingerprint density at radius 2 is 1.97 bits per heavy atom. The van der Waals surface area contributed by atoms with Crippen molar-refractivity contribution in [2.24, 2.45) is 0 Å². The Kier molecular flexibility index (Phi) is 6.51. The Bertz CT molecular complexity index is 1010. The van der Waals surface area contributed by atoms with Crippen LogP contribution in [0.1, 0.15) is 23.0 Å². The summed E-state index contributed by atoms with van der Waals surface area (Å²) in [6.07, 6.45) is 0.585. The summed E-state index contributed by atoms with van der Waals surface area (Å²) in [5.74, 6) is -0.573. The van der Waals surface area contributed by atoms with E-state index in [-0.39, 0.29) is 23.2 Å². The molecule has 0 aliphatic carbocycles. The predicted molar refractivity (Wildman–Crippen MR) is 106 cm³/mol. The lowest BCUT2D eigenvalue weighted by molar-refractivity contribution is -0.122. The fraction of sp³-hybridized carbons (Fsp3) is 0.143. The van der Waals surface area contributed by atoms with E-state index in [1.165, 1.54) is 25.3 Å². The van der Waals surface area contributed by atoms with Crippen LogP contribution < -0.4 is 15.4 Å². The molecule has 1 heterocycles. The average molecular weight is 417 g/mol. The van der Waals surface area contributed by atoms with Crippen LogP contribution in [0.4, 0.5) is 10.1 Å². The lowest BCUT2D eigenvalue weighted by Gasteiger charge is -2.17. The molecule has 0 aliphatic heterocycles. The molecule has 8 heteroatoms. The third-order valence-corrected chi connectivity index (χ3v) is 4.30. The molecule has 0 saturated carbocycles. The second kappa shape index (κ2) is 9.25. The second-order valence-electron chi connectivity index (χ2n) is 6.13. The van der Waals surface area contributed by atoms with Crippen LogP contribution in [0.15, 0.2) is 65.3 Å². The number of nitrogens with one attached hydrogen (secondary N) is 2. The maximum atomic E-state index is 13.1. The number of para-hydroxylation sites is 1. The molecule has 0 bridgehead atoms. The van der Waals surface area contributed by atoms with Crippen molar-refractivity contribution in [3.8, 4) is 5.75 Å². The second-order valence-corrected chi connectivity index (χ2v) is 6.54. The molecule has 0 aliphatic rings. The third kappa shape index (κ3) is 5.36. The standard InChI is InChI=1S/C21H18ClFN2O4/c1-13(29-19-9-8-14(23)11-17(19)22)20(26)25-18-7-3-2-6-16(18)21(27)24-12-15-5-4-10-28-15/h2-11,13H,12H2,1H3,(H,24,27)(H,25,26). The van der Waals surface area contributed by atoms with Crippen molar-refractivity contribution in [3.05, 3.63) is 83.0 Å². The molecule has 3 aromatic rings. The zero-order valence-electron chi connectivity index (χ0n) is 15.4. The predicted octanol–water partition coefficient (Wildman–Crippen LogP) is 4.41. The van der Waals surface area contributed by atoms with Crippen LogP contribution in [-0.4, -0.2) is 17.9 Å². The number of rotatable bonds is 7. The van der Waals surface area contributed by atoms with Crippen molar-refractivity contribution in [1.29, 1.82) is 0 Å². The molecular weight excluding hydrogens is 399 g/mol. The van der Waals surface area contributed by atoms with Crippen LogP contribution in [0.3, 0.4) is 0 Å². The van der Waals surface area contributed by atoms with Gasteiger partial charge in [-0.15, -0.1) is 0 Å². The highest BCUT2D eigenvalue weighted by Gasteiger charge is 2.19. The summed E-state index contributed by atoms with van der Waals surface area (Å²) < 4.78 is 23.8. The number of amides is 2. The van der Waals surface area contributed by atoms with Gasteiger partial charge in [0, 0.05) is 0 Å². The van der Waals surface area contributed by atoms with Crippen LogP contribution in [0.5, 0.6) is 5.75 Å². The van der Waals surface area contributed by atoms with Crippen LogP contribution >= 0.6 is 11.6 Å². The maximum Gasteiger partial charge on any atom is 0.265 e. The van der Waals surface area contributed by atoms with Gasteiger partial charge in [-0.05, 0) is 49.4 Å². The SMILES string of the molecule is CC(Oc1ccc(F)cc1Cl)C(=O)Nc1ccccc1C(=O)NCc1ccco1. The number of ether oxygens (including phenoxy) is 1. The van der Waals surface area contributed by atoms with E-state index in [1.54, 1.807) is 36.4 Å². The number of carbonyl (C=O) groups excluding carboxylic acids is 2. The molecule has 1 aromatic heterocycles. The highest BCUT2D eigenvalue weighted by Crippen LogP contribution is 2.26. The number of hydrogen-bond donors (Lipinski definition) is 2. The topological polar surface area (TPSA) is 80.6 Å². The molecule has 29 heavy (non-hydrogen) atoms. The lowest BCUT2D eigenvalue weighted by atomic mass is 10.1. The van der Waals surface area contributed by atoms with Gasteiger partial charge in [0.2, 0.25) is 0 Å². The zero-order valence-corrected chi connectivity index (χ0v) is 16.2. The molecule has 150 valence electrons. The lowest BCUT2D eigenvalue weighted by Crippen LogP contribution is -2.31. The third-order valence-electron chi connectivity index (χ3n) is 4.00. The Balaban J connectivity index is 1.66. The summed E-state index contributed by atoms with van der Waals surface area (Å²) in [5, 5.41) is 5.46. The molecule has 2 N–H and O–H groups in total. The Morgan fingerprint density at radius 1 is 1.17 bits per heavy atom. The minimum Gasteiger partial charge on any atom is -0.479 e. The number of furan rings is 1. The molecule has 0 saturated heterocycles. The summed E-state index contributed by atoms with van der Waals surface area (Å²) in [6.45, 7) is 1.74. The largest absolute Gasteiger partial charge is 0.479 e. The van der Waals surface area contributed by atoms with E-state index >= 15 is 0 Å². The summed E-state index contributed by atoms with van der Waals surface area (Å²) in [4.78, 5) is 25.0. The minimum absolute atomic E-state index is 0.0577. The Labute approximate surface area is 171 Å². The normalized spacial score (nSPS) is 11.6. The first-order valence-electron chi connectivity index (χ1n) is 8.76. The summed E-state index contributed by atoms with van der Waals surface area (Å²) in [7, 11) is 0. The minimum atomic E-state index is -0.933. The first-order valence-corrected chi connectivity index (χ1v) is 9.14. The number of halogens is 2. The van der Waals surface area contributed by atoms with Crippen molar-refractivity contribution in [1.82, 2.24) is 5.32 Å². The number of carbonyl (C=O) groups is 2. The van der Waals surface area contributed by atoms with Crippen molar-refractivity contribution in [2.75, 3.05) is 5.32 Å². The highest BCUT2D eigenvalue weighted by molar-refractivity contribution is 6.32. The first-order chi connectivity index (χ1) is 13.9. The molecule has 0 fully saturated rings. The van der Waals surface area contributed by atoms with Gasteiger partial charge in [-0.3, -0.25) is 9.59 Å². The van der Waals surface area contributed by atoms with E-state index in [0.717, 1.165) is 6.07 Å². The fourth-order valence-electron chi connectivity index (χ4n) is 2.52. The summed E-state index contributed by atoms with van der Waals surface area (Å²) in [5.41, 5.74) is 0.620. The van der Waals surface area contributed by atoms with Crippen LogP contribution in [0.2, 0.25) is 5.02 Å². The van der Waals surface area contributed by atoms with E-state index in [2.05, 4.69) is 10.6 Å². The fourth-order valence-corrected chi connectivity index (χ4v) is 2.73. The maximum absolute atomic E-state index is 13.1. The Hall–Kier alpha value is -3.32. The highest BCUT2D eigenvalue weighted by atomic mass is 35.5. The molecule has 2 amide bonds. The molecule has 2 aromatic carbocycles. The van der Waals surface area contributed by atoms with Gasteiger partial charge >= 0.3 is 0 Å². The first kappa shape index (κ1) is 20.4. The van der Waals surface area contributed by atoms with Gasteiger partial charge in [0.15, 0.2) is 6.10 Å². The van der Waals surface area contributed by atoms with Crippen molar-refractivity contribution in [3.63, 3.8) is 0 Å². The number of anilines is 1. The summed E-state index contributed by atoms with van der Waals surface area (Å²) >= 11 is 5.93. The molecular formula is C21H18ClFN2O4. The van der Waals surface area contributed by atoms with E-state index in [9.17, 15) is 14.0 Å². The molecule has 0 radical (unpaired) electrons. The van der Waals surface area contributed by atoms with Gasteiger partial charge in [-0.1, -0.05) is 23.7 Å². The quantitative estimate of drug-likeness (QED) is 0.598. The van der Waals surface area contributed by atoms with Crippen LogP contribution in [0.25, 0.3) is 0 Å². The molecule has 1 atom stereocenters. The van der Waals surface area contributed by atoms with Crippen molar-refractivity contribution < 1.29 is 23.1 Å². The van der Waals surface area contributed by atoms with Gasteiger partial charge in [0.25, 0.3) is 11.8 Å². The van der Waals surface area contributed by atoms with E-state index < -0.39 is 17.8 Å². The summed E-state index contributed by atoms with van der Waals surface area (Å²) in [6, 6.07) is 13.7. The van der Waals surface area contributed by atoms with E-state index in [4.69, 9.17) is 20.8 Å². The zero-order chi connectivity index (χ0) is 20.8. The van der Waals surface area contributed by atoms with Crippen molar-refractivity contribution >= 4 is 29.1 Å². The van der Waals surface area contributed by atoms with Crippen LogP contribution in [-0.2, 0) is 11.3 Å². The molecule has 3 rings (SSSR count). The Morgan fingerprint density at radius 3 is 2.69 bits per heavy atom. The average Bonchev–Trinajstić information content (AvgIpc) is 3.22. The number of benzene rings is 2. The van der Waals surface area contributed by atoms with Gasteiger partial charge in [0.1, 0.15) is 17.3 Å². The van der Waals surface area contributed by atoms with Crippen LogP contribution in [0, 0.1) is 5.82 Å². The van der Waals surface area contributed by atoms with Gasteiger partial charge in [0.05, 0.1) is 29.1 Å². The van der Waals surface area contributed by atoms with E-state index in [0.29, 0.717) is 17.0 Å². The van der Waals surface area contributed by atoms with Gasteiger partial charge in [-0.2, -0.15) is 0 Å². The molecule has 1 unspecified atom stereocenters. The van der Waals surface area contributed by atoms with Gasteiger partial charge < -0.3 is 19.8 Å². The molecule has 0 spiro atoms. The van der Waals surface area contributed by atoms with Gasteiger partial charge in [-0.25, -0.2) is 4.39 Å².